The smallest absolute Gasteiger partial charge is 0.340 e. The Morgan fingerprint density at radius 1 is 1.27 bits per heavy atom. The molecule has 6 nitrogen and oxygen atoms in total. The van der Waals surface area contributed by atoms with E-state index in [1.807, 2.05) is 16.8 Å². The average molecular weight is 377 g/mol. The van der Waals surface area contributed by atoms with E-state index in [0.29, 0.717) is 23.2 Å². The summed E-state index contributed by atoms with van der Waals surface area (Å²) in [5.41, 5.74) is 2.75. The van der Waals surface area contributed by atoms with Gasteiger partial charge in [0.25, 0.3) is 0 Å². The van der Waals surface area contributed by atoms with Crippen LogP contribution in [-0.4, -0.2) is 35.4 Å². The summed E-state index contributed by atoms with van der Waals surface area (Å²) in [7, 11) is 0. The number of carbonyl (C=O) groups excluding carboxylic acids is 3. The molecule has 0 radical (unpaired) electrons. The van der Waals surface area contributed by atoms with Crippen LogP contribution < -0.4 is 0 Å². The molecule has 2 aromatic heterocycles. The Hall–Kier alpha value is -2.41. The summed E-state index contributed by atoms with van der Waals surface area (Å²) in [4.78, 5) is 39.6. The zero-order chi connectivity index (χ0) is 19.3. The van der Waals surface area contributed by atoms with Crippen LogP contribution in [0, 0.1) is 13.8 Å². The van der Waals surface area contributed by atoms with Gasteiger partial charge in [0.05, 0.1) is 17.9 Å². The minimum Gasteiger partial charge on any atom is -0.462 e. The van der Waals surface area contributed by atoms with Gasteiger partial charge in [-0.15, -0.1) is 0 Å². The molecule has 0 saturated carbocycles. The number of hydrogen-bond donors (Lipinski definition) is 1. The van der Waals surface area contributed by atoms with Crippen molar-refractivity contribution in [3.63, 3.8) is 0 Å². The third-order valence-corrected chi connectivity index (χ3v) is 4.77. The molecule has 0 saturated heterocycles. The summed E-state index contributed by atoms with van der Waals surface area (Å²) in [5, 5.41) is 3.92. The van der Waals surface area contributed by atoms with Crippen molar-refractivity contribution >= 4 is 29.1 Å². The normalized spacial score (nSPS) is 11.8. The van der Waals surface area contributed by atoms with Crippen molar-refractivity contribution in [1.29, 1.82) is 0 Å². The Morgan fingerprint density at radius 3 is 2.62 bits per heavy atom. The molecular weight excluding hydrogens is 354 g/mol. The lowest BCUT2D eigenvalue weighted by Gasteiger charge is -2.12. The summed E-state index contributed by atoms with van der Waals surface area (Å²) >= 11 is 1.57. The third kappa shape index (κ3) is 4.60. The molecule has 0 aliphatic rings. The summed E-state index contributed by atoms with van der Waals surface area (Å²) in [6.45, 7) is 6.88. The number of rotatable bonds is 8. The molecule has 0 amide bonds. The number of H-pyrrole nitrogens is 1. The van der Waals surface area contributed by atoms with E-state index in [4.69, 9.17) is 9.47 Å². The third-order valence-electron chi connectivity index (χ3n) is 4.04. The van der Waals surface area contributed by atoms with Crippen LogP contribution in [0.15, 0.2) is 16.8 Å². The molecular formula is C19H23NO5S. The van der Waals surface area contributed by atoms with Crippen LogP contribution in [-0.2, 0) is 20.7 Å². The van der Waals surface area contributed by atoms with E-state index in [2.05, 4.69) is 4.98 Å². The van der Waals surface area contributed by atoms with E-state index in [9.17, 15) is 14.4 Å². The second-order valence-electron chi connectivity index (χ2n) is 5.97. The number of nitrogens with one attached hydrogen (secondary N) is 1. The second kappa shape index (κ2) is 8.80. The van der Waals surface area contributed by atoms with Crippen molar-refractivity contribution in [2.75, 3.05) is 6.61 Å². The van der Waals surface area contributed by atoms with E-state index >= 15 is 0 Å². The largest absolute Gasteiger partial charge is 0.462 e. The van der Waals surface area contributed by atoms with Crippen LogP contribution in [0.25, 0.3) is 0 Å². The van der Waals surface area contributed by atoms with Crippen molar-refractivity contribution in [3.8, 4) is 0 Å². The first-order valence-corrected chi connectivity index (χ1v) is 9.40. The van der Waals surface area contributed by atoms with Crippen LogP contribution >= 0.6 is 11.3 Å². The lowest BCUT2D eigenvalue weighted by atomic mass is 10.1. The number of esters is 2. The van der Waals surface area contributed by atoms with Crippen molar-refractivity contribution < 1.29 is 23.9 Å². The van der Waals surface area contributed by atoms with Gasteiger partial charge in [-0.1, -0.05) is 0 Å². The van der Waals surface area contributed by atoms with Crippen molar-refractivity contribution in [2.24, 2.45) is 0 Å². The van der Waals surface area contributed by atoms with Crippen molar-refractivity contribution in [3.05, 3.63) is 44.9 Å². The Labute approximate surface area is 156 Å². The Balaban J connectivity index is 2.02. The minimum absolute atomic E-state index is 0.213. The quantitative estimate of drug-likeness (QED) is 0.561. The number of aryl methyl sites for hydroxylation is 2. The van der Waals surface area contributed by atoms with E-state index in [1.165, 1.54) is 6.92 Å². The van der Waals surface area contributed by atoms with Crippen molar-refractivity contribution in [1.82, 2.24) is 4.98 Å². The molecule has 7 heteroatoms. The Morgan fingerprint density at radius 2 is 2.00 bits per heavy atom. The molecule has 0 spiro atoms. The number of aromatic amines is 1. The lowest BCUT2D eigenvalue weighted by Crippen LogP contribution is -2.25. The van der Waals surface area contributed by atoms with Gasteiger partial charge in [0.1, 0.15) is 0 Å². The highest BCUT2D eigenvalue weighted by atomic mass is 32.1. The molecule has 2 aromatic rings. The molecule has 0 aliphatic carbocycles. The first kappa shape index (κ1) is 19.9. The molecule has 0 aliphatic heterocycles. The van der Waals surface area contributed by atoms with E-state index < -0.39 is 18.0 Å². The van der Waals surface area contributed by atoms with Crippen LogP contribution in [0.4, 0.5) is 0 Å². The van der Waals surface area contributed by atoms with Crippen LogP contribution in [0.3, 0.4) is 0 Å². The first-order chi connectivity index (χ1) is 12.3. The molecule has 2 heterocycles. The molecule has 26 heavy (non-hydrogen) atoms. The van der Waals surface area contributed by atoms with Crippen LogP contribution in [0.5, 0.6) is 0 Å². The van der Waals surface area contributed by atoms with Gasteiger partial charge in [-0.3, -0.25) is 9.59 Å². The fourth-order valence-electron chi connectivity index (χ4n) is 2.70. The average Bonchev–Trinajstić information content (AvgIpc) is 3.20. The predicted octanol–water partition coefficient (Wildman–Crippen LogP) is 3.62. The van der Waals surface area contributed by atoms with E-state index in [1.54, 1.807) is 32.1 Å². The predicted molar refractivity (Wildman–Crippen MR) is 98.7 cm³/mol. The molecule has 1 N–H and O–H groups in total. The maximum absolute atomic E-state index is 12.6. The van der Waals surface area contributed by atoms with Gasteiger partial charge in [0.2, 0.25) is 5.78 Å². The standard InChI is InChI=1S/C19H23NO5S/c1-5-24-19(23)16-11(2)17(20-12(16)3)18(22)13(4)25-15(21)7-6-14-8-9-26-10-14/h8-10,13,20H,5-7H2,1-4H3/t13-/m1/s1. The zero-order valence-corrected chi connectivity index (χ0v) is 16.2. The van der Waals surface area contributed by atoms with Crippen LogP contribution in [0.1, 0.15) is 57.9 Å². The number of ketones is 1. The summed E-state index contributed by atoms with van der Waals surface area (Å²) in [6, 6.07) is 1.95. The van der Waals surface area contributed by atoms with E-state index in [0.717, 1.165) is 5.56 Å². The monoisotopic (exact) mass is 377 g/mol. The number of aromatic nitrogens is 1. The molecule has 0 unspecified atom stereocenters. The molecule has 0 fully saturated rings. The Bertz CT molecular complexity index is 791. The maximum atomic E-state index is 12.6. The fourth-order valence-corrected chi connectivity index (χ4v) is 3.40. The Kier molecular flexibility index (Phi) is 6.74. The number of ether oxygens (including phenoxy) is 2. The summed E-state index contributed by atoms with van der Waals surface area (Å²) in [5.74, 6) is -1.27. The van der Waals surface area contributed by atoms with Gasteiger partial charge >= 0.3 is 11.9 Å². The number of carbonyl (C=O) groups is 3. The lowest BCUT2D eigenvalue weighted by molar-refractivity contribution is -0.146. The highest BCUT2D eigenvalue weighted by molar-refractivity contribution is 7.07. The maximum Gasteiger partial charge on any atom is 0.340 e. The van der Waals surface area contributed by atoms with Gasteiger partial charge in [-0.25, -0.2) is 4.79 Å². The highest BCUT2D eigenvalue weighted by Crippen LogP contribution is 2.21. The van der Waals surface area contributed by atoms with Crippen LogP contribution in [0.2, 0.25) is 0 Å². The van der Waals surface area contributed by atoms with Gasteiger partial charge in [0.15, 0.2) is 6.10 Å². The molecule has 0 bridgehead atoms. The topological polar surface area (TPSA) is 85.5 Å². The van der Waals surface area contributed by atoms with E-state index in [-0.39, 0.29) is 24.5 Å². The fraction of sp³-hybridized carbons (Fsp3) is 0.421. The molecule has 0 aromatic carbocycles. The first-order valence-electron chi connectivity index (χ1n) is 8.46. The summed E-state index contributed by atoms with van der Waals surface area (Å²) in [6.07, 6.45) is -0.140. The molecule has 140 valence electrons. The van der Waals surface area contributed by atoms with Crippen molar-refractivity contribution in [2.45, 2.75) is 46.6 Å². The van der Waals surface area contributed by atoms with Gasteiger partial charge in [0, 0.05) is 12.1 Å². The second-order valence-corrected chi connectivity index (χ2v) is 6.75. The summed E-state index contributed by atoms with van der Waals surface area (Å²) < 4.78 is 10.3. The highest BCUT2D eigenvalue weighted by Gasteiger charge is 2.27. The number of thiophene rings is 1. The van der Waals surface area contributed by atoms with Gasteiger partial charge < -0.3 is 14.5 Å². The molecule has 1 atom stereocenters. The number of Topliss-reactive ketones (excluding diaryl/α,β-unsaturated/α-hetero) is 1. The molecule has 2 rings (SSSR count). The minimum atomic E-state index is -0.934. The zero-order valence-electron chi connectivity index (χ0n) is 15.4. The SMILES string of the molecule is CCOC(=O)c1c(C)[nH]c(C(=O)[C@@H](C)OC(=O)CCc2ccsc2)c1C. The number of hydrogen-bond acceptors (Lipinski definition) is 6. The van der Waals surface area contributed by atoms with Gasteiger partial charge in [-0.05, 0) is 62.1 Å². The van der Waals surface area contributed by atoms with Gasteiger partial charge in [-0.2, -0.15) is 11.3 Å².